The van der Waals surface area contributed by atoms with Crippen molar-refractivity contribution in [2.24, 2.45) is 9.98 Å². The largest absolute Gasteiger partial charge is 0.356 e. The number of rotatable bonds is 7. The van der Waals surface area contributed by atoms with Crippen LogP contribution in [0, 0.1) is 0 Å². The molecule has 2 heterocycles. The van der Waals surface area contributed by atoms with Gasteiger partial charge in [-0.1, -0.05) is 84.0 Å². The molecule has 0 saturated heterocycles. The summed E-state index contributed by atoms with van der Waals surface area (Å²) in [5.41, 5.74) is 3.65. The maximum Gasteiger partial charge on any atom is 0.259 e. The summed E-state index contributed by atoms with van der Waals surface area (Å²) in [4.78, 5) is 37.0. The van der Waals surface area contributed by atoms with E-state index in [1.54, 1.807) is 4.90 Å². The summed E-state index contributed by atoms with van der Waals surface area (Å²) in [5.74, 6) is 0.670. The molecule has 0 saturated carbocycles. The number of amides is 2. The van der Waals surface area contributed by atoms with Gasteiger partial charge in [0, 0.05) is 22.9 Å². The molecule has 0 fully saturated rings. The average Bonchev–Trinajstić information content (AvgIpc) is 3.20. The van der Waals surface area contributed by atoms with Gasteiger partial charge in [0.15, 0.2) is 5.17 Å². The zero-order chi connectivity index (χ0) is 24.2. The quantitative estimate of drug-likeness (QED) is 0.495. The Labute approximate surface area is 213 Å². The van der Waals surface area contributed by atoms with E-state index in [9.17, 15) is 9.59 Å². The van der Waals surface area contributed by atoms with Gasteiger partial charge >= 0.3 is 0 Å². The second-order valence-corrected chi connectivity index (χ2v) is 9.57. The number of nitrogens with one attached hydrogen (secondary N) is 1. The van der Waals surface area contributed by atoms with Gasteiger partial charge in [-0.2, -0.15) is 0 Å². The summed E-state index contributed by atoms with van der Waals surface area (Å²) < 4.78 is 0. The predicted octanol–water partition coefficient (Wildman–Crippen LogP) is 4.98. The highest BCUT2D eigenvalue weighted by molar-refractivity contribution is 8.13. The number of carbonyl (C=O) groups is 2. The fraction of sp³-hybridized carbons (Fsp3) is 0.185. The van der Waals surface area contributed by atoms with Gasteiger partial charge in [0.2, 0.25) is 5.91 Å². The Morgan fingerprint density at radius 3 is 2.57 bits per heavy atom. The van der Waals surface area contributed by atoms with Crippen LogP contribution in [-0.2, 0) is 21.8 Å². The van der Waals surface area contributed by atoms with E-state index in [0.29, 0.717) is 28.3 Å². The third kappa shape index (κ3) is 5.16. The van der Waals surface area contributed by atoms with Crippen molar-refractivity contribution in [2.75, 3.05) is 6.54 Å². The first-order chi connectivity index (χ1) is 17.1. The maximum absolute atomic E-state index is 13.4. The molecule has 176 valence electrons. The molecule has 1 atom stereocenters. The number of benzene rings is 3. The Morgan fingerprint density at radius 1 is 1.00 bits per heavy atom. The van der Waals surface area contributed by atoms with Gasteiger partial charge in [-0.15, -0.1) is 0 Å². The van der Waals surface area contributed by atoms with Gasteiger partial charge in [-0.05, 0) is 35.7 Å². The van der Waals surface area contributed by atoms with E-state index in [1.165, 1.54) is 11.8 Å². The lowest BCUT2D eigenvalue weighted by Gasteiger charge is -2.25. The molecule has 0 aliphatic carbocycles. The highest BCUT2D eigenvalue weighted by atomic mass is 35.5. The molecule has 0 bridgehead atoms. The molecular formula is C27H23ClN4O2S. The molecule has 0 aromatic heterocycles. The first kappa shape index (κ1) is 23.3. The zero-order valence-corrected chi connectivity index (χ0v) is 20.4. The van der Waals surface area contributed by atoms with Crippen molar-refractivity contribution in [2.45, 2.75) is 24.6 Å². The number of carbonyl (C=O) groups excluding carboxylic acids is 2. The Bertz CT molecular complexity index is 1330. The average molecular weight is 503 g/mol. The molecule has 5 rings (SSSR count). The van der Waals surface area contributed by atoms with Crippen molar-refractivity contribution in [1.82, 2.24) is 10.2 Å². The predicted molar refractivity (Wildman–Crippen MR) is 141 cm³/mol. The van der Waals surface area contributed by atoms with E-state index in [1.807, 2.05) is 78.9 Å². The lowest BCUT2D eigenvalue weighted by atomic mass is 10.1. The minimum atomic E-state index is -0.779. The van der Waals surface area contributed by atoms with Crippen LogP contribution in [0.4, 0.5) is 5.69 Å². The minimum absolute atomic E-state index is 0.00174. The maximum atomic E-state index is 13.4. The van der Waals surface area contributed by atoms with Crippen LogP contribution in [0.15, 0.2) is 88.8 Å². The number of aliphatic imine (C=N–C) groups is 2. The van der Waals surface area contributed by atoms with Gasteiger partial charge in [0.1, 0.15) is 11.9 Å². The second-order valence-electron chi connectivity index (χ2n) is 8.22. The molecule has 3 aromatic carbocycles. The summed E-state index contributed by atoms with van der Waals surface area (Å²) in [5, 5.41) is 4.13. The fourth-order valence-corrected chi connectivity index (χ4v) is 5.31. The summed E-state index contributed by atoms with van der Waals surface area (Å²) in [7, 11) is 0. The first-order valence-corrected chi connectivity index (χ1v) is 12.7. The topological polar surface area (TPSA) is 74.1 Å². The minimum Gasteiger partial charge on any atom is -0.356 e. The van der Waals surface area contributed by atoms with Gasteiger partial charge in [0.25, 0.3) is 5.91 Å². The van der Waals surface area contributed by atoms with Crippen LogP contribution in [-0.4, -0.2) is 40.3 Å². The van der Waals surface area contributed by atoms with Crippen molar-refractivity contribution in [3.05, 3.63) is 101 Å². The third-order valence-corrected chi connectivity index (χ3v) is 7.18. The van der Waals surface area contributed by atoms with Crippen molar-refractivity contribution in [3.8, 4) is 0 Å². The van der Waals surface area contributed by atoms with Gasteiger partial charge in [0.05, 0.1) is 12.1 Å². The Morgan fingerprint density at radius 2 is 1.74 bits per heavy atom. The number of para-hydroxylation sites is 1. The number of hydrogen-bond donors (Lipinski definition) is 1. The molecule has 0 radical (unpaired) electrons. The van der Waals surface area contributed by atoms with Crippen molar-refractivity contribution >= 4 is 51.9 Å². The molecule has 2 amide bonds. The van der Waals surface area contributed by atoms with Crippen LogP contribution in [0.1, 0.15) is 23.1 Å². The van der Waals surface area contributed by atoms with Crippen molar-refractivity contribution in [3.63, 3.8) is 0 Å². The molecule has 2 aliphatic rings. The van der Waals surface area contributed by atoms with Gasteiger partial charge in [-0.25, -0.2) is 9.89 Å². The number of nitrogens with zero attached hydrogens (tertiary/aromatic N) is 3. The Balaban J connectivity index is 1.30. The number of hydrogen-bond acceptors (Lipinski definition) is 5. The highest BCUT2D eigenvalue weighted by Gasteiger charge is 2.42. The Hall–Kier alpha value is -3.42. The van der Waals surface area contributed by atoms with Crippen molar-refractivity contribution < 1.29 is 9.59 Å². The summed E-state index contributed by atoms with van der Waals surface area (Å²) in [6.45, 7) is 0.507. The Kier molecular flexibility index (Phi) is 6.97. The molecular weight excluding hydrogens is 480 g/mol. The molecule has 6 nitrogen and oxygen atoms in total. The van der Waals surface area contributed by atoms with E-state index in [-0.39, 0.29) is 18.2 Å². The SMILES string of the molecule is O=C(C[C@H]1N=C2c3ccccc3N=C(SCc3ccccc3Cl)N2C1=O)NCCc1ccccc1. The number of thioether (sulfide) groups is 1. The van der Waals surface area contributed by atoms with Crippen LogP contribution in [0.2, 0.25) is 5.02 Å². The van der Waals surface area contributed by atoms with Crippen LogP contribution < -0.4 is 5.32 Å². The van der Waals surface area contributed by atoms with E-state index in [2.05, 4.69) is 10.3 Å². The monoisotopic (exact) mass is 502 g/mol. The van der Waals surface area contributed by atoms with E-state index >= 15 is 0 Å². The molecule has 3 aromatic rings. The van der Waals surface area contributed by atoms with Gasteiger partial charge < -0.3 is 5.32 Å². The normalized spacial score (nSPS) is 16.3. The third-order valence-electron chi connectivity index (χ3n) is 5.82. The van der Waals surface area contributed by atoms with Gasteiger partial charge in [-0.3, -0.25) is 14.6 Å². The molecule has 0 unspecified atom stereocenters. The van der Waals surface area contributed by atoms with Crippen LogP contribution >= 0.6 is 23.4 Å². The lowest BCUT2D eigenvalue weighted by Crippen LogP contribution is -2.42. The molecule has 8 heteroatoms. The summed E-state index contributed by atoms with van der Waals surface area (Å²) in [6, 6.07) is 24.4. The highest BCUT2D eigenvalue weighted by Crippen LogP contribution is 2.35. The summed E-state index contributed by atoms with van der Waals surface area (Å²) in [6.07, 6.45) is 0.729. The molecule has 0 spiro atoms. The summed E-state index contributed by atoms with van der Waals surface area (Å²) >= 11 is 7.75. The lowest BCUT2D eigenvalue weighted by molar-refractivity contribution is -0.128. The van der Waals surface area contributed by atoms with Crippen LogP contribution in [0.3, 0.4) is 0 Å². The number of amidine groups is 2. The van der Waals surface area contributed by atoms with E-state index in [4.69, 9.17) is 16.6 Å². The first-order valence-electron chi connectivity index (χ1n) is 11.4. The standard InChI is InChI=1S/C27H23ClN4O2S/c28-21-12-6-4-10-19(21)17-35-27-31-22-13-7-5-11-20(22)25-30-23(26(34)32(25)27)16-24(33)29-15-14-18-8-2-1-3-9-18/h1-13,23H,14-17H2,(H,29,33)/t23-/m1/s1. The van der Waals surface area contributed by atoms with Crippen LogP contribution in [0.25, 0.3) is 0 Å². The van der Waals surface area contributed by atoms with E-state index in [0.717, 1.165) is 28.8 Å². The number of fused-ring (bicyclic) bond motifs is 3. The smallest absolute Gasteiger partial charge is 0.259 e. The zero-order valence-electron chi connectivity index (χ0n) is 18.9. The van der Waals surface area contributed by atoms with E-state index < -0.39 is 6.04 Å². The molecule has 35 heavy (non-hydrogen) atoms. The van der Waals surface area contributed by atoms with Crippen LogP contribution in [0.5, 0.6) is 0 Å². The van der Waals surface area contributed by atoms with Crippen molar-refractivity contribution in [1.29, 1.82) is 0 Å². The fourth-order valence-electron chi connectivity index (χ4n) is 4.03. The molecule has 2 aliphatic heterocycles. The molecule has 1 N–H and O–H groups in total. The second kappa shape index (κ2) is 10.5. The number of halogens is 1.